The summed E-state index contributed by atoms with van der Waals surface area (Å²) >= 11 is 0. The highest BCUT2D eigenvalue weighted by molar-refractivity contribution is 5.82. The number of ether oxygens (including phenoxy) is 1. The maximum Gasteiger partial charge on any atom is 0.261 e. The molecule has 0 saturated heterocycles. The summed E-state index contributed by atoms with van der Waals surface area (Å²) in [6, 6.07) is 9.79. The van der Waals surface area contributed by atoms with Crippen LogP contribution in [0.4, 0.5) is 4.39 Å². The van der Waals surface area contributed by atoms with Crippen LogP contribution in [0.25, 0.3) is 11.0 Å². The quantitative estimate of drug-likeness (QED) is 0.641. The Labute approximate surface area is 143 Å². The number of nitrogens with one attached hydrogen (secondary N) is 2. The Balaban J connectivity index is 1.65. The van der Waals surface area contributed by atoms with Crippen LogP contribution in [0.15, 0.2) is 42.7 Å². The SMILES string of the molecule is CC(Oc1cccc(CO)c1)C(=O)NCc1c(F)ccc2[nH]cnc12. The normalized spacial score (nSPS) is 12.1. The number of aromatic nitrogens is 2. The second kappa shape index (κ2) is 7.31. The van der Waals surface area contributed by atoms with Crippen LogP contribution in [-0.2, 0) is 17.9 Å². The Morgan fingerprint density at radius 1 is 1.40 bits per heavy atom. The van der Waals surface area contributed by atoms with Crippen molar-refractivity contribution < 1.29 is 19.0 Å². The predicted octanol–water partition coefficient (Wildman–Crippen LogP) is 2.28. The van der Waals surface area contributed by atoms with Crippen molar-refractivity contribution in [3.63, 3.8) is 0 Å². The minimum absolute atomic E-state index is 0.0112. The number of hydrogen-bond donors (Lipinski definition) is 3. The van der Waals surface area contributed by atoms with E-state index >= 15 is 0 Å². The fourth-order valence-electron chi connectivity index (χ4n) is 2.50. The van der Waals surface area contributed by atoms with E-state index in [2.05, 4.69) is 15.3 Å². The van der Waals surface area contributed by atoms with Gasteiger partial charge in [0, 0.05) is 12.1 Å². The number of carbonyl (C=O) groups is 1. The third-order valence-electron chi connectivity index (χ3n) is 3.84. The van der Waals surface area contributed by atoms with Gasteiger partial charge < -0.3 is 20.1 Å². The van der Waals surface area contributed by atoms with Gasteiger partial charge in [-0.1, -0.05) is 12.1 Å². The average molecular weight is 343 g/mol. The second-order valence-corrected chi connectivity index (χ2v) is 5.61. The summed E-state index contributed by atoms with van der Waals surface area (Å²) < 4.78 is 19.6. The van der Waals surface area contributed by atoms with Gasteiger partial charge in [-0.2, -0.15) is 0 Å². The van der Waals surface area contributed by atoms with E-state index in [0.29, 0.717) is 27.9 Å². The summed E-state index contributed by atoms with van der Waals surface area (Å²) in [5, 5.41) is 11.8. The molecule has 0 aliphatic heterocycles. The van der Waals surface area contributed by atoms with E-state index in [9.17, 15) is 9.18 Å². The Hall–Kier alpha value is -2.93. The smallest absolute Gasteiger partial charge is 0.261 e. The first-order valence-corrected chi connectivity index (χ1v) is 7.83. The average Bonchev–Trinajstić information content (AvgIpc) is 3.09. The summed E-state index contributed by atoms with van der Waals surface area (Å²) in [5.74, 6) is -0.319. The number of fused-ring (bicyclic) bond motifs is 1. The predicted molar refractivity (Wildman–Crippen MR) is 90.4 cm³/mol. The van der Waals surface area contributed by atoms with Crippen molar-refractivity contribution in [3.05, 3.63) is 59.7 Å². The second-order valence-electron chi connectivity index (χ2n) is 5.61. The molecule has 0 aliphatic rings. The van der Waals surface area contributed by atoms with Gasteiger partial charge in [0.05, 0.1) is 24.0 Å². The third-order valence-corrected chi connectivity index (χ3v) is 3.84. The molecule has 130 valence electrons. The van der Waals surface area contributed by atoms with E-state index in [-0.39, 0.29) is 19.1 Å². The molecule has 7 heteroatoms. The maximum atomic E-state index is 14.0. The van der Waals surface area contributed by atoms with Crippen molar-refractivity contribution in [1.82, 2.24) is 15.3 Å². The number of aliphatic hydroxyl groups excluding tert-OH is 1. The van der Waals surface area contributed by atoms with Crippen molar-refractivity contribution in [1.29, 1.82) is 0 Å². The molecule has 6 nitrogen and oxygen atoms in total. The molecule has 0 saturated carbocycles. The summed E-state index contributed by atoms with van der Waals surface area (Å²) in [4.78, 5) is 19.2. The number of hydrogen-bond acceptors (Lipinski definition) is 4. The van der Waals surface area contributed by atoms with E-state index in [1.165, 1.54) is 12.4 Å². The fraction of sp³-hybridized carbons (Fsp3) is 0.222. The highest BCUT2D eigenvalue weighted by Crippen LogP contribution is 2.19. The number of benzene rings is 2. The molecule has 1 unspecified atom stereocenters. The van der Waals surface area contributed by atoms with Crippen LogP contribution in [0.5, 0.6) is 5.75 Å². The molecule has 2 aromatic carbocycles. The summed E-state index contributed by atoms with van der Waals surface area (Å²) in [6.07, 6.45) is 0.713. The lowest BCUT2D eigenvalue weighted by atomic mass is 10.1. The molecule has 0 spiro atoms. The van der Waals surface area contributed by atoms with Gasteiger partial charge in [0.2, 0.25) is 0 Å². The zero-order valence-electron chi connectivity index (χ0n) is 13.6. The molecule has 1 amide bonds. The number of H-pyrrole nitrogens is 1. The van der Waals surface area contributed by atoms with Crippen molar-refractivity contribution >= 4 is 16.9 Å². The number of aliphatic hydroxyl groups is 1. The van der Waals surface area contributed by atoms with Gasteiger partial charge in [-0.3, -0.25) is 4.79 Å². The largest absolute Gasteiger partial charge is 0.481 e. The van der Waals surface area contributed by atoms with Crippen LogP contribution in [0.3, 0.4) is 0 Å². The van der Waals surface area contributed by atoms with Gasteiger partial charge in [0.1, 0.15) is 11.6 Å². The van der Waals surface area contributed by atoms with Gasteiger partial charge in [-0.05, 0) is 36.8 Å². The number of imidazole rings is 1. The molecule has 25 heavy (non-hydrogen) atoms. The number of halogens is 1. The molecule has 3 rings (SSSR count). The van der Waals surface area contributed by atoms with E-state index < -0.39 is 11.9 Å². The van der Waals surface area contributed by atoms with E-state index in [0.717, 1.165) is 0 Å². The Kier molecular flexibility index (Phi) is 4.95. The van der Waals surface area contributed by atoms with Crippen molar-refractivity contribution in [2.24, 2.45) is 0 Å². The highest BCUT2D eigenvalue weighted by Gasteiger charge is 2.17. The third kappa shape index (κ3) is 3.77. The van der Waals surface area contributed by atoms with Crippen LogP contribution in [0.2, 0.25) is 0 Å². The number of rotatable bonds is 6. The molecule has 0 radical (unpaired) electrons. The topological polar surface area (TPSA) is 87.2 Å². The minimum atomic E-state index is -0.768. The van der Waals surface area contributed by atoms with Gasteiger partial charge in [-0.25, -0.2) is 9.37 Å². The molecular weight excluding hydrogens is 325 g/mol. The lowest BCUT2D eigenvalue weighted by Gasteiger charge is -2.15. The van der Waals surface area contributed by atoms with Crippen LogP contribution in [-0.4, -0.2) is 27.1 Å². The highest BCUT2D eigenvalue weighted by atomic mass is 19.1. The Morgan fingerprint density at radius 2 is 2.24 bits per heavy atom. The van der Waals surface area contributed by atoms with Crippen LogP contribution in [0.1, 0.15) is 18.1 Å². The standard InChI is InChI=1S/C18H18FN3O3/c1-11(25-13-4-2-3-12(7-13)9-23)18(24)20-8-14-15(19)5-6-16-17(14)22-10-21-16/h2-7,10-11,23H,8-9H2,1H3,(H,20,24)(H,21,22). The number of amides is 1. The molecular formula is C18H18FN3O3. The summed E-state index contributed by atoms with van der Waals surface area (Å²) in [7, 11) is 0. The Bertz CT molecular complexity index is 894. The Morgan fingerprint density at radius 3 is 3.04 bits per heavy atom. The van der Waals surface area contributed by atoms with Gasteiger partial charge in [0.15, 0.2) is 6.10 Å². The van der Waals surface area contributed by atoms with Gasteiger partial charge in [0.25, 0.3) is 5.91 Å². The summed E-state index contributed by atoms with van der Waals surface area (Å²) in [5.41, 5.74) is 2.21. The van der Waals surface area contributed by atoms with E-state index in [1.54, 1.807) is 37.3 Å². The van der Waals surface area contributed by atoms with Crippen LogP contribution in [0, 0.1) is 5.82 Å². The monoisotopic (exact) mass is 343 g/mol. The van der Waals surface area contributed by atoms with E-state index in [1.807, 2.05) is 0 Å². The number of aromatic amines is 1. The molecule has 3 N–H and O–H groups in total. The van der Waals surface area contributed by atoms with Crippen molar-refractivity contribution in [3.8, 4) is 5.75 Å². The number of carbonyl (C=O) groups excluding carboxylic acids is 1. The first-order chi connectivity index (χ1) is 12.1. The van der Waals surface area contributed by atoms with Crippen molar-refractivity contribution in [2.45, 2.75) is 26.2 Å². The fourth-order valence-corrected chi connectivity index (χ4v) is 2.50. The number of nitrogens with zero attached hydrogens (tertiary/aromatic N) is 1. The van der Waals surface area contributed by atoms with E-state index in [4.69, 9.17) is 9.84 Å². The molecule has 0 bridgehead atoms. The van der Waals surface area contributed by atoms with Gasteiger partial charge >= 0.3 is 0 Å². The van der Waals surface area contributed by atoms with Crippen LogP contribution >= 0.6 is 0 Å². The molecule has 1 heterocycles. The first-order valence-electron chi connectivity index (χ1n) is 7.83. The minimum Gasteiger partial charge on any atom is -0.481 e. The molecule has 0 aliphatic carbocycles. The lowest BCUT2D eigenvalue weighted by molar-refractivity contribution is -0.127. The lowest BCUT2D eigenvalue weighted by Crippen LogP contribution is -2.36. The zero-order valence-corrected chi connectivity index (χ0v) is 13.6. The first kappa shape index (κ1) is 16.9. The van der Waals surface area contributed by atoms with Crippen LogP contribution < -0.4 is 10.1 Å². The molecule has 1 atom stereocenters. The maximum absolute atomic E-state index is 14.0. The molecule has 1 aromatic heterocycles. The molecule has 3 aromatic rings. The zero-order chi connectivity index (χ0) is 17.8. The summed E-state index contributed by atoms with van der Waals surface area (Å²) in [6.45, 7) is 1.51. The molecule has 0 fully saturated rings. The van der Waals surface area contributed by atoms with Gasteiger partial charge in [-0.15, -0.1) is 0 Å². The van der Waals surface area contributed by atoms with Crippen molar-refractivity contribution in [2.75, 3.05) is 0 Å².